The third-order valence-electron chi connectivity index (χ3n) is 16.5. The van der Waals surface area contributed by atoms with E-state index in [4.69, 9.17) is 0 Å². The van der Waals surface area contributed by atoms with Crippen molar-refractivity contribution in [3.63, 3.8) is 0 Å². The number of fused-ring (bicyclic) bond motifs is 4. The molecule has 0 heterocycles. The standard InChI is InChI=1S/C63H55N/c1-4-16-47(17-5-1)55-26-15-28-58-61(55)56-35-34-52(39-59(56)63(58,49-20-6-2-7-21-49)50-22-8-3-9-23-50)64(51-32-30-48(31-33-51)54-25-14-19-46-18-10-11-24-53(46)54)60-29-13-12-27-57(60)62-40-43-36-44(41-62)38-45(37-43)42-62/h1-9,12-17,19-23,25-35,39,43-45H,10-11,18,24,36-38,40-42H2. The molecule has 6 aliphatic rings. The average Bonchev–Trinajstić information content (AvgIpc) is 3.65. The van der Waals surface area contributed by atoms with Crippen LogP contribution in [0.1, 0.15) is 90.3 Å². The minimum atomic E-state index is -0.532. The third-order valence-corrected chi connectivity index (χ3v) is 16.5. The van der Waals surface area contributed by atoms with Crippen molar-refractivity contribution in [2.45, 2.75) is 75.0 Å². The normalized spacial score (nSPS) is 22.1. The van der Waals surface area contributed by atoms with Gasteiger partial charge in [-0.3, -0.25) is 0 Å². The van der Waals surface area contributed by atoms with Crippen LogP contribution in [0.5, 0.6) is 0 Å². The maximum Gasteiger partial charge on any atom is 0.0714 e. The Balaban J connectivity index is 1.05. The van der Waals surface area contributed by atoms with Crippen molar-refractivity contribution in [3.8, 4) is 33.4 Å². The van der Waals surface area contributed by atoms with E-state index in [0.717, 1.165) is 17.8 Å². The van der Waals surface area contributed by atoms with E-state index in [1.165, 1.54) is 142 Å². The molecular weight excluding hydrogens is 771 g/mol. The summed E-state index contributed by atoms with van der Waals surface area (Å²) in [6.07, 6.45) is 13.2. The Hall–Kier alpha value is -6.44. The number of benzene rings is 8. The van der Waals surface area contributed by atoms with Gasteiger partial charge in [0, 0.05) is 17.1 Å². The van der Waals surface area contributed by atoms with E-state index in [1.807, 2.05) is 0 Å². The molecule has 0 unspecified atom stereocenters. The average molecular weight is 826 g/mol. The molecular formula is C63H55N. The minimum Gasteiger partial charge on any atom is -0.310 e. The van der Waals surface area contributed by atoms with Gasteiger partial charge in [0.05, 0.1) is 5.41 Å². The number of rotatable bonds is 8. The van der Waals surface area contributed by atoms with Crippen molar-refractivity contribution < 1.29 is 0 Å². The first kappa shape index (κ1) is 38.1. The van der Waals surface area contributed by atoms with Gasteiger partial charge < -0.3 is 4.90 Å². The number of hydrogen-bond donors (Lipinski definition) is 0. The first-order chi connectivity index (χ1) is 31.7. The Kier molecular flexibility index (Phi) is 8.97. The van der Waals surface area contributed by atoms with Crippen molar-refractivity contribution in [2.75, 3.05) is 4.90 Å². The smallest absolute Gasteiger partial charge is 0.0714 e. The van der Waals surface area contributed by atoms with E-state index >= 15 is 0 Å². The van der Waals surface area contributed by atoms with Crippen molar-refractivity contribution in [2.24, 2.45) is 17.8 Å². The van der Waals surface area contributed by atoms with Crippen LogP contribution in [0, 0.1) is 17.8 Å². The van der Waals surface area contributed by atoms with Gasteiger partial charge in [-0.05, 0) is 190 Å². The zero-order valence-corrected chi connectivity index (χ0v) is 36.7. The van der Waals surface area contributed by atoms with Crippen LogP contribution in [-0.2, 0) is 23.7 Å². The molecule has 64 heavy (non-hydrogen) atoms. The van der Waals surface area contributed by atoms with Crippen LogP contribution >= 0.6 is 0 Å². The number of anilines is 3. The molecule has 0 radical (unpaired) electrons. The molecule has 312 valence electrons. The van der Waals surface area contributed by atoms with Crippen molar-refractivity contribution in [1.82, 2.24) is 0 Å². The summed E-state index contributed by atoms with van der Waals surface area (Å²) >= 11 is 0. The monoisotopic (exact) mass is 825 g/mol. The second-order valence-corrected chi connectivity index (χ2v) is 20.1. The topological polar surface area (TPSA) is 3.24 Å². The molecule has 0 aromatic heterocycles. The molecule has 4 fully saturated rings. The van der Waals surface area contributed by atoms with E-state index in [0.29, 0.717) is 0 Å². The van der Waals surface area contributed by atoms with Crippen LogP contribution in [0.2, 0.25) is 0 Å². The van der Waals surface area contributed by atoms with Crippen LogP contribution in [0.25, 0.3) is 33.4 Å². The summed E-state index contributed by atoms with van der Waals surface area (Å²) in [7, 11) is 0. The molecule has 4 saturated carbocycles. The van der Waals surface area contributed by atoms with E-state index < -0.39 is 5.41 Å². The number of nitrogens with zero attached hydrogens (tertiary/aromatic N) is 1. The second kappa shape index (κ2) is 15.1. The maximum atomic E-state index is 2.65. The van der Waals surface area contributed by atoms with Crippen LogP contribution in [0.3, 0.4) is 0 Å². The zero-order valence-electron chi connectivity index (χ0n) is 36.7. The first-order valence-corrected chi connectivity index (χ1v) is 24.2. The molecule has 1 heteroatoms. The lowest BCUT2D eigenvalue weighted by Crippen LogP contribution is -2.48. The Morgan fingerprint density at radius 3 is 1.67 bits per heavy atom. The van der Waals surface area contributed by atoms with Gasteiger partial charge in [-0.2, -0.15) is 0 Å². The predicted octanol–water partition coefficient (Wildman–Crippen LogP) is 16.2. The van der Waals surface area contributed by atoms with Gasteiger partial charge in [0.25, 0.3) is 0 Å². The Morgan fingerprint density at radius 2 is 0.969 bits per heavy atom. The highest BCUT2D eigenvalue weighted by Crippen LogP contribution is 2.63. The molecule has 8 aromatic rings. The van der Waals surface area contributed by atoms with Gasteiger partial charge in [0.2, 0.25) is 0 Å². The highest BCUT2D eigenvalue weighted by atomic mass is 15.1. The van der Waals surface area contributed by atoms with E-state index in [9.17, 15) is 0 Å². The van der Waals surface area contributed by atoms with Crippen molar-refractivity contribution in [3.05, 3.63) is 233 Å². The van der Waals surface area contributed by atoms with Crippen LogP contribution < -0.4 is 4.90 Å². The van der Waals surface area contributed by atoms with Gasteiger partial charge in [-0.15, -0.1) is 0 Å². The summed E-state index contributed by atoms with van der Waals surface area (Å²) in [5.74, 6) is 2.58. The summed E-state index contributed by atoms with van der Waals surface area (Å²) in [6.45, 7) is 0. The molecule has 6 aliphatic carbocycles. The maximum absolute atomic E-state index is 2.65. The summed E-state index contributed by atoms with van der Waals surface area (Å²) < 4.78 is 0. The molecule has 4 bridgehead atoms. The van der Waals surface area contributed by atoms with Gasteiger partial charge in [-0.1, -0.05) is 164 Å². The number of aryl methyl sites for hydroxylation is 1. The number of para-hydroxylation sites is 1. The van der Waals surface area contributed by atoms with Crippen LogP contribution in [-0.4, -0.2) is 0 Å². The Labute approximate surface area is 379 Å². The Bertz CT molecular complexity index is 2940. The molecule has 0 atom stereocenters. The summed E-state index contributed by atoms with van der Waals surface area (Å²) in [6, 6.07) is 74.4. The van der Waals surface area contributed by atoms with Crippen LogP contribution in [0.4, 0.5) is 17.1 Å². The zero-order chi connectivity index (χ0) is 42.2. The molecule has 8 aromatic carbocycles. The van der Waals surface area contributed by atoms with Gasteiger partial charge in [0.1, 0.15) is 0 Å². The third kappa shape index (κ3) is 5.89. The second-order valence-electron chi connectivity index (χ2n) is 20.1. The van der Waals surface area contributed by atoms with E-state index in [-0.39, 0.29) is 5.41 Å². The highest BCUT2D eigenvalue weighted by Gasteiger charge is 2.53. The molecule has 0 N–H and O–H groups in total. The lowest BCUT2D eigenvalue weighted by molar-refractivity contribution is -0.00491. The molecule has 0 spiro atoms. The van der Waals surface area contributed by atoms with Crippen molar-refractivity contribution >= 4 is 17.1 Å². The van der Waals surface area contributed by atoms with E-state index in [1.54, 1.807) is 11.1 Å². The number of hydrogen-bond acceptors (Lipinski definition) is 1. The van der Waals surface area contributed by atoms with Crippen LogP contribution in [0.15, 0.2) is 194 Å². The minimum absolute atomic E-state index is 0.224. The molecule has 14 rings (SSSR count). The predicted molar refractivity (Wildman–Crippen MR) is 266 cm³/mol. The first-order valence-electron chi connectivity index (χ1n) is 24.2. The van der Waals surface area contributed by atoms with Gasteiger partial charge in [0.15, 0.2) is 0 Å². The lowest BCUT2D eigenvalue weighted by atomic mass is 9.48. The van der Waals surface area contributed by atoms with Gasteiger partial charge >= 0.3 is 0 Å². The fourth-order valence-electron chi connectivity index (χ4n) is 14.3. The summed E-state index contributed by atoms with van der Waals surface area (Å²) in [5.41, 5.74) is 21.3. The summed E-state index contributed by atoms with van der Waals surface area (Å²) in [5, 5.41) is 0. The van der Waals surface area contributed by atoms with Gasteiger partial charge in [-0.25, -0.2) is 0 Å². The quantitative estimate of drug-likeness (QED) is 0.148. The highest BCUT2D eigenvalue weighted by molar-refractivity contribution is 5.97. The fourth-order valence-corrected chi connectivity index (χ4v) is 14.3. The lowest BCUT2D eigenvalue weighted by Gasteiger charge is -2.57. The SMILES string of the molecule is c1ccc(-c2cccc3c2-c2ccc(N(c4ccc(-c5cccc6c5CCCC6)cc4)c4ccccc4C45CC6CC(CC(C6)C4)C5)cc2C3(c2ccccc2)c2ccccc2)cc1. The summed E-state index contributed by atoms with van der Waals surface area (Å²) in [4.78, 5) is 2.65. The molecule has 0 aliphatic heterocycles. The molecule has 1 nitrogen and oxygen atoms in total. The van der Waals surface area contributed by atoms with Crippen molar-refractivity contribution in [1.29, 1.82) is 0 Å². The largest absolute Gasteiger partial charge is 0.310 e. The molecule has 0 amide bonds. The fraction of sp³-hybridized carbons (Fsp3) is 0.238. The Morgan fingerprint density at radius 1 is 0.406 bits per heavy atom. The van der Waals surface area contributed by atoms with E-state index in [2.05, 4.69) is 199 Å². The molecule has 0 saturated heterocycles.